The fourth-order valence-electron chi connectivity index (χ4n) is 4.27. The number of hydrogen-bond acceptors (Lipinski definition) is 15. The Hall–Kier alpha value is -0.640. The smallest absolute Gasteiger partial charge is 0.214 e. The van der Waals surface area contributed by atoms with Crippen molar-refractivity contribution in [2.45, 2.75) is 98.0 Å². The molecule has 1 aliphatic carbocycles. The fraction of sp³-hybridized carbons (Fsp3) is 1.00. The Labute approximate surface area is 192 Å². The van der Waals surface area contributed by atoms with Crippen LogP contribution in [0.4, 0.5) is 0 Å². The Morgan fingerprint density at radius 3 is 1.47 bits per heavy atom. The third kappa shape index (κ3) is 5.09. The van der Waals surface area contributed by atoms with Gasteiger partial charge in [0.15, 0.2) is 12.3 Å². The van der Waals surface area contributed by atoms with Gasteiger partial charge in [-0.2, -0.15) is 0 Å². The molecule has 1 saturated carbocycles. The van der Waals surface area contributed by atoms with E-state index < -0.39 is 111 Å². The highest BCUT2D eigenvalue weighted by molar-refractivity contribution is 5.01. The molecule has 2 aliphatic heterocycles. The molecule has 34 heavy (non-hydrogen) atoms. The van der Waals surface area contributed by atoms with Gasteiger partial charge in [-0.1, -0.05) is 0 Å². The van der Waals surface area contributed by atoms with Crippen molar-refractivity contribution in [2.75, 3.05) is 13.2 Å². The van der Waals surface area contributed by atoms with Crippen LogP contribution in [0.2, 0.25) is 0 Å². The summed E-state index contributed by atoms with van der Waals surface area (Å²) in [7, 11) is 0. The molecule has 16 heteroatoms. The molecule has 0 aromatic heterocycles. The molecule has 3 aliphatic rings. The largest absolute Gasteiger partial charge is 0.394 e. The minimum Gasteiger partial charge on any atom is -0.394 e. The summed E-state index contributed by atoms with van der Waals surface area (Å²) in [5, 5.41) is 110. The monoisotopic (exact) mass is 504 g/mol. The summed E-state index contributed by atoms with van der Waals surface area (Å²) in [5.74, 6) is 0. The number of ether oxygens (including phenoxy) is 4. The lowest BCUT2D eigenvalue weighted by Crippen LogP contribution is -2.79. The molecule has 2 saturated heterocycles. The second-order valence-electron chi connectivity index (χ2n) is 8.73. The Bertz CT molecular complexity index is 641. The summed E-state index contributed by atoms with van der Waals surface area (Å²) >= 11 is 0. The lowest BCUT2D eigenvalue weighted by molar-refractivity contribution is -0.511. The average Bonchev–Trinajstić information content (AvgIpc) is 2.83. The van der Waals surface area contributed by atoms with Gasteiger partial charge < -0.3 is 80.9 Å². The number of aliphatic hydroxyl groups excluding tert-OH is 11. The molecule has 16 nitrogen and oxygen atoms in total. The zero-order chi connectivity index (χ0) is 25.5. The fourth-order valence-corrected chi connectivity index (χ4v) is 4.27. The van der Waals surface area contributed by atoms with Crippen LogP contribution in [0.5, 0.6) is 0 Å². The van der Waals surface area contributed by atoms with E-state index in [0.717, 1.165) is 0 Å². The minimum atomic E-state index is -1.86. The average molecular weight is 504 g/mol. The van der Waals surface area contributed by atoms with Crippen molar-refractivity contribution in [3.05, 3.63) is 0 Å². The van der Waals surface area contributed by atoms with Crippen molar-refractivity contribution in [1.82, 2.24) is 0 Å². The van der Waals surface area contributed by atoms with Crippen LogP contribution >= 0.6 is 0 Å². The normalized spacial score (nSPS) is 54.7. The number of rotatable bonds is 6. The molecule has 14 N–H and O–H groups in total. The Morgan fingerprint density at radius 1 is 0.500 bits per heavy atom. The molecule has 200 valence electrons. The van der Waals surface area contributed by atoms with E-state index in [2.05, 4.69) is 5.73 Å². The predicted molar refractivity (Wildman–Crippen MR) is 102 cm³/mol. The van der Waals surface area contributed by atoms with Crippen LogP contribution in [0.3, 0.4) is 0 Å². The van der Waals surface area contributed by atoms with E-state index in [1.54, 1.807) is 0 Å². The number of hydrogen-bond donors (Lipinski definition) is 12. The first-order valence-corrected chi connectivity index (χ1v) is 10.7. The summed E-state index contributed by atoms with van der Waals surface area (Å²) in [6, 6.07) is -1.22. The van der Waals surface area contributed by atoms with Crippen molar-refractivity contribution in [2.24, 2.45) is 0 Å². The number of aliphatic hydroxyl groups is 11. The number of quaternary nitrogens is 1. The Balaban J connectivity index is 1.72. The van der Waals surface area contributed by atoms with Gasteiger partial charge >= 0.3 is 0 Å². The molecule has 2 heterocycles. The van der Waals surface area contributed by atoms with Gasteiger partial charge in [0.05, 0.1) is 13.2 Å². The van der Waals surface area contributed by atoms with Gasteiger partial charge in [0.1, 0.15) is 79.4 Å². The maximum Gasteiger partial charge on any atom is 0.214 e. The van der Waals surface area contributed by atoms with E-state index in [-0.39, 0.29) is 0 Å². The van der Waals surface area contributed by atoms with Crippen LogP contribution in [-0.2, 0) is 18.9 Å². The molecule has 0 aromatic carbocycles. The SMILES string of the molecule is [NH3+][C@H]1[C@@H](OC2[C@@H](O)[C@H](O)C(O)[C@@H](O)[C@H]2O)O[C@H](CO)[C@@H](O[C@H]2O[C@H](CO)[C@H](O)[C@H](O)[C@H]2O)[C@@H]1O. The molecule has 3 rings (SSSR count). The molecular formula is C18H34NO15+. The van der Waals surface area contributed by atoms with Crippen molar-refractivity contribution in [3.63, 3.8) is 0 Å². The lowest BCUT2D eigenvalue weighted by atomic mass is 9.84. The molecule has 2 unspecified atom stereocenters. The second-order valence-corrected chi connectivity index (χ2v) is 8.73. The van der Waals surface area contributed by atoms with Crippen molar-refractivity contribution >= 4 is 0 Å². The van der Waals surface area contributed by atoms with Crippen molar-refractivity contribution < 1.29 is 80.9 Å². The quantitative estimate of drug-likeness (QED) is 0.160. The summed E-state index contributed by atoms with van der Waals surface area (Å²) in [6.45, 7) is -1.49. The van der Waals surface area contributed by atoms with Gasteiger partial charge in [0.25, 0.3) is 0 Å². The second kappa shape index (κ2) is 11.2. The van der Waals surface area contributed by atoms with Gasteiger partial charge in [-0.15, -0.1) is 0 Å². The Kier molecular flexibility index (Phi) is 9.18. The van der Waals surface area contributed by atoms with Gasteiger partial charge in [-0.25, -0.2) is 0 Å². The summed E-state index contributed by atoms with van der Waals surface area (Å²) < 4.78 is 21.8. The molecule has 0 amide bonds. The summed E-state index contributed by atoms with van der Waals surface area (Å²) in [6.07, 6.45) is -24.9. The first-order valence-electron chi connectivity index (χ1n) is 10.7. The first-order chi connectivity index (χ1) is 15.9. The molecule has 3 fully saturated rings. The van der Waals surface area contributed by atoms with Crippen LogP contribution in [-0.4, -0.2) is 167 Å². The molecule has 0 spiro atoms. The summed E-state index contributed by atoms with van der Waals surface area (Å²) in [4.78, 5) is 0. The standard InChI is InChI=1S/C18H33NO15/c19-5-7(23)15(33-18-14(30)8(24)6(22)3(1-20)31-18)4(2-21)32-17(5)34-16-12(28)10(26)9(25)11(27)13(16)29/h3-18,20-30H,1-2,19H2/p+1/t3-,4-,5-,6+,7-,8+,9?,10-,11-,12-,13+,14-,15-,16?,17-,18-/m1/s1. The van der Waals surface area contributed by atoms with E-state index >= 15 is 0 Å². The highest BCUT2D eigenvalue weighted by atomic mass is 16.7. The maximum absolute atomic E-state index is 10.8. The predicted octanol–water partition coefficient (Wildman–Crippen LogP) is -8.94. The van der Waals surface area contributed by atoms with E-state index in [1.807, 2.05) is 0 Å². The van der Waals surface area contributed by atoms with E-state index in [0.29, 0.717) is 0 Å². The van der Waals surface area contributed by atoms with Crippen LogP contribution in [0, 0.1) is 0 Å². The van der Waals surface area contributed by atoms with Crippen molar-refractivity contribution in [3.8, 4) is 0 Å². The highest BCUT2D eigenvalue weighted by Crippen LogP contribution is 2.31. The topological polar surface area (TPSA) is 287 Å². The zero-order valence-electron chi connectivity index (χ0n) is 17.9. The van der Waals surface area contributed by atoms with Gasteiger partial charge in [-0.3, -0.25) is 0 Å². The van der Waals surface area contributed by atoms with Crippen LogP contribution in [0.15, 0.2) is 0 Å². The van der Waals surface area contributed by atoms with E-state index in [1.165, 1.54) is 0 Å². The van der Waals surface area contributed by atoms with E-state index in [9.17, 15) is 56.2 Å². The van der Waals surface area contributed by atoms with E-state index in [4.69, 9.17) is 18.9 Å². The third-order valence-electron chi connectivity index (χ3n) is 6.48. The third-order valence-corrected chi connectivity index (χ3v) is 6.48. The molecule has 16 atom stereocenters. The highest BCUT2D eigenvalue weighted by Gasteiger charge is 2.55. The first kappa shape index (κ1) is 27.9. The Morgan fingerprint density at radius 2 is 0.941 bits per heavy atom. The molecule has 0 radical (unpaired) electrons. The van der Waals surface area contributed by atoms with Gasteiger partial charge in [-0.05, 0) is 0 Å². The maximum atomic E-state index is 10.8. The lowest BCUT2D eigenvalue weighted by Gasteiger charge is -2.47. The summed E-state index contributed by atoms with van der Waals surface area (Å²) in [5.41, 5.74) is 3.69. The van der Waals surface area contributed by atoms with Crippen molar-refractivity contribution in [1.29, 1.82) is 0 Å². The van der Waals surface area contributed by atoms with Crippen LogP contribution in [0.1, 0.15) is 0 Å². The van der Waals surface area contributed by atoms with Crippen LogP contribution in [0.25, 0.3) is 0 Å². The zero-order valence-corrected chi connectivity index (χ0v) is 17.9. The minimum absolute atomic E-state index is 0.718. The molecule has 0 bridgehead atoms. The van der Waals surface area contributed by atoms with Gasteiger partial charge in [0.2, 0.25) is 6.29 Å². The van der Waals surface area contributed by atoms with Crippen LogP contribution < -0.4 is 5.73 Å². The molecular weight excluding hydrogens is 470 g/mol. The van der Waals surface area contributed by atoms with Gasteiger partial charge in [0, 0.05) is 0 Å². The molecule has 0 aromatic rings.